The van der Waals surface area contributed by atoms with Gasteiger partial charge in [0.2, 0.25) is 0 Å². The molecule has 0 bridgehead atoms. The van der Waals surface area contributed by atoms with Crippen LogP contribution in [0.4, 0.5) is 13.2 Å². The van der Waals surface area contributed by atoms with Gasteiger partial charge in [-0.1, -0.05) is 12.2 Å². The minimum Gasteiger partial charge on any atom is -0.447 e. The number of rotatable bonds is 4. The maximum atomic E-state index is 12.5. The lowest BCUT2D eigenvalue weighted by atomic mass is 9.96. The number of hydrogen-bond donors (Lipinski definition) is 0. The second-order valence-electron chi connectivity index (χ2n) is 5.02. The van der Waals surface area contributed by atoms with Gasteiger partial charge in [0.15, 0.2) is 5.60 Å². The van der Waals surface area contributed by atoms with Crippen molar-refractivity contribution in [3.05, 3.63) is 41.7 Å². The highest BCUT2D eigenvalue weighted by molar-refractivity contribution is 5.72. The van der Waals surface area contributed by atoms with E-state index in [4.69, 9.17) is 9.47 Å². The van der Waals surface area contributed by atoms with Gasteiger partial charge >= 0.3 is 12.1 Å². The van der Waals surface area contributed by atoms with E-state index in [9.17, 15) is 18.0 Å². The van der Waals surface area contributed by atoms with Crippen LogP contribution in [0.3, 0.4) is 0 Å². The van der Waals surface area contributed by atoms with Gasteiger partial charge in [-0.3, -0.25) is 9.78 Å². The zero-order valence-corrected chi connectivity index (χ0v) is 11.4. The van der Waals surface area contributed by atoms with Gasteiger partial charge in [0.05, 0.1) is 30.9 Å². The molecule has 1 aliphatic heterocycles. The Morgan fingerprint density at radius 1 is 1.48 bits per heavy atom. The summed E-state index contributed by atoms with van der Waals surface area (Å²) < 4.78 is 47.9. The number of pyridine rings is 1. The van der Waals surface area contributed by atoms with Gasteiger partial charge in [-0.15, -0.1) is 0 Å². The quantitative estimate of drug-likeness (QED) is 0.634. The third-order valence-corrected chi connectivity index (χ3v) is 2.98. The van der Waals surface area contributed by atoms with Gasteiger partial charge in [0.25, 0.3) is 0 Å². The lowest BCUT2D eigenvalue weighted by Gasteiger charge is -2.39. The first-order valence-corrected chi connectivity index (χ1v) is 6.21. The fourth-order valence-corrected chi connectivity index (χ4v) is 1.88. The molecule has 1 saturated heterocycles. The number of esters is 1. The van der Waals surface area contributed by atoms with Crippen molar-refractivity contribution in [2.45, 2.75) is 25.1 Å². The fourth-order valence-electron chi connectivity index (χ4n) is 1.88. The van der Waals surface area contributed by atoms with E-state index in [0.29, 0.717) is 5.57 Å². The van der Waals surface area contributed by atoms with Crippen LogP contribution in [0.2, 0.25) is 0 Å². The molecule has 1 aromatic rings. The van der Waals surface area contributed by atoms with Crippen LogP contribution < -0.4 is 0 Å². The smallest absolute Gasteiger partial charge is 0.417 e. The summed E-state index contributed by atoms with van der Waals surface area (Å²) in [5, 5.41) is 0. The van der Waals surface area contributed by atoms with Gasteiger partial charge in [-0.25, -0.2) is 0 Å². The molecule has 0 spiro atoms. The highest BCUT2D eigenvalue weighted by Crippen LogP contribution is 2.35. The molecule has 0 radical (unpaired) electrons. The van der Waals surface area contributed by atoms with Gasteiger partial charge < -0.3 is 9.47 Å². The summed E-state index contributed by atoms with van der Waals surface area (Å²) in [5.41, 5.74) is -1.07. The third-order valence-electron chi connectivity index (χ3n) is 2.98. The Morgan fingerprint density at radius 2 is 2.14 bits per heavy atom. The van der Waals surface area contributed by atoms with E-state index in [-0.39, 0.29) is 25.3 Å². The van der Waals surface area contributed by atoms with E-state index in [1.165, 1.54) is 6.07 Å². The average Bonchev–Trinajstić information content (AvgIpc) is 2.32. The summed E-state index contributed by atoms with van der Waals surface area (Å²) in [6.07, 6.45) is -3.68. The Labute approximate surface area is 119 Å². The summed E-state index contributed by atoms with van der Waals surface area (Å²) in [6.45, 7) is 5.44. The fraction of sp³-hybridized carbons (Fsp3) is 0.429. The molecule has 21 heavy (non-hydrogen) atoms. The number of hydrogen-bond acceptors (Lipinski definition) is 4. The van der Waals surface area contributed by atoms with E-state index in [1.807, 2.05) is 0 Å². The molecule has 0 aromatic carbocycles. The SMILES string of the molecule is C=C(C)CC(=O)OC1(c2ccc(C(F)(F)F)cn2)COC1. The number of aromatic nitrogens is 1. The second kappa shape index (κ2) is 5.48. The molecule has 114 valence electrons. The molecule has 0 atom stereocenters. The summed E-state index contributed by atoms with van der Waals surface area (Å²) >= 11 is 0. The normalized spacial score (nSPS) is 17.0. The molecule has 4 nitrogen and oxygen atoms in total. The van der Waals surface area contributed by atoms with Gasteiger partial charge in [0.1, 0.15) is 0 Å². The highest BCUT2D eigenvalue weighted by Gasteiger charge is 2.46. The molecule has 0 unspecified atom stereocenters. The van der Waals surface area contributed by atoms with Crippen LogP contribution in [0.1, 0.15) is 24.6 Å². The van der Waals surface area contributed by atoms with Crippen LogP contribution in [0.15, 0.2) is 30.5 Å². The van der Waals surface area contributed by atoms with E-state index in [0.717, 1.165) is 12.3 Å². The molecule has 1 aliphatic rings. The maximum absolute atomic E-state index is 12.5. The topological polar surface area (TPSA) is 48.4 Å². The second-order valence-corrected chi connectivity index (χ2v) is 5.02. The van der Waals surface area contributed by atoms with Crippen molar-refractivity contribution in [3.63, 3.8) is 0 Å². The number of carbonyl (C=O) groups excluding carboxylic acids is 1. The predicted molar refractivity (Wildman–Crippen MR) is 67.3 cm³/mol. The largest absolute Gasteiger partial charge is 0.447 e. The Morgan fingerprint density at radius 3 is 2.52 bits per heavy atom. The zero-order chi connectivity index (χ0) is 15.7. The molecule has 1 aromatic heterocycles. The minimum atomic E-state index is -4.45. The Kier molecular flexibility index (Phi) is 4.04. The van der Waals surface area contributed by atoms with Gasteiger partial charge in [-0.05, 0) is 19.1 Å². The number of ether oxygens (including phenoxy) is 2. The van der Waals surface area contributed by atoms with Crippen LogP contribution in [-0.2, 0) is 26.0 Å². The average molecular weight is 301 g/mol. The third kappa shape index (κ3) is 3.41. The molecule has 7 heteroatoms. The molecule has 2 rings (SSSR count). The van der Waals surface area contributed by atoms with Crippen molar-refractivity contribution in [1.82, 2.24) is 4.98 Å². The lowest BCUT2D eigenvalue weighted by Crippen LogP contribution is -2.50. The van der Waals surface area contributed by atoms with Crippen molar-refractivity contribution in [2.75, 3.05) is 13.2 Å². The van der Waals surface area contributed by atoms with Crippen molar-refractivity contribution in [2.24, 2.45) is 0 Å². The number of halogens is 3. The van der Waals surface area contributed by atoms with Crippen molar-refractivity contribution >= 4 is 5.97 Å². The van der Waals surface area contributed by atoms with E-state index in [2.05, 4.69) is 11.6 Å². The van der Waals surface area contributed by atoms with Crippen LogP contribution in [0.5, 0.6) is 0 Å². The minimum absolute atomic E-state index is 0.0440. The summed E-state index contributed by atoms with van der Waals surface area (Å²) in [5.74, 6) is -0.507. The zero-order valence-electron chi connectivity index (χ0n) is 11.4. The van der Waals surface area contributed by atoms with Crippen LogP contribution >= 0.6 is 0 Å². The van der Waals surface area contributed by atoms with Crippen molar-refractivity contribution in [1.29, 1.82) is 0 Å². The molecule has 2 heterocycles. The highest BCUT2D eigenvalue weighted by atomic mass is 19.4. The van der Waals surface area contributed by atoms with E-state index >= 15 is 0 Å². The molecule has 1 fully saturated rings. The monoisotopic (exact) mass is 301 g/mol. The molecular formula is C14H14F3NO3. The summed E-state index contributed by atoms with van der Waals surface area (Å²) in [7, 11) is 0. The number of alkyl halides is 3. The molecule has 0 aliphatic carbocycles. The van der Waals surface area contributed by atoms with Crippen molar-refractivity contribution < 1.29 is 27.4 Å². The molecule has 0 saturated carbocycles. The Balaban J connectivity index is 2.17. The lowest BCUT2D eigenvalue weighted by molar-refractivity contribution is -0.219. The van der Waals surface area contributed by atoms with Crippen LogP contribution in [-0.4, -0.2) is 24.2 Å². The molecule has 0 N–H and O–H groups in total. The molecular weight excluding hydrogens is 287 g/mol. The Hall–Kier alpha value is -1.89. The standard InChI is InChI=1S/C14H14F3NO3/c1-9(2)5-12(19)21-13(7-20-8-13)11-4-3-10(6-18-11)14(15,16)17/h3-4,6H,1,5,7-8H2,2H3. The van der Waals surface area contributed by atoms with Crippen molar-refractivity contribution in [3.8, 4) is 0 Å². The first-order valence-electron chi connectivity index (χ1n) is 6.21. The summed E-state index contributed by atoms with van der Waals surface area (Å²) in [4.78, 5) is 15.5. The van der Waals surface area contributed by atoms with Gasteiger partial charge in [-0.2, -0.15) is 13.2 Å². The maximum Gasteiger partial charge on any atom is 0.417 e. The summed E-state index contributed by atoms with van der Waals surface area (Å²) in [6, 6.07) is 2.12. The number of carbonyl (C=O) groups is 1. The van der Waals surface area contributed by atoms with E-state index in [1.54, 1.807) is 6.92 Å². The first-order chi connectivity index (χ1) is 9.73. The van der Waals surface area contributed by atoms with E-state index < -0.39 is 23.3 Å². The molecule has 0 amide bonds. The predicted octanol–water partition coefficient (Wildman–Crippen LogP) is 2.84. The number of nitrogens with zero attached hydrogens (tertiary/aromatic N) is 1. The van der Waals surface area contributed by atoms with Crippen LogP contribution in [0, 0.1) is 0 Å². The van der Waals surface area contributed by atoms with Crippen LogP contribution in [0.25, 0.3) is 0 Å². The Bertz CT molecular complexity index is 548. The first kappa shape index (κ1) is 15.5. The van der Waals surface area contributed by atoms with Gasteiger partial charge in [0, 0.05) is 6.20 Å².